The third-order valence-electron chi connectivity index (χ3n) is 4.81. The fourth-order valence-electron chi connectivity index (χ4n) is 3.49. The standard InChI is InChI=1S/C24H17NO3/c26-24-21-20(17-11-5-2-6-12-17)23(25-15-16-9-3-1-4-10-16)28-22(21)18-13-7-8-14-19(18)27-24/h1-14,25H,15H2. The zero-order chi connectivity index (χ0) is 18.9. The molecule has 5 rings (SSSR count). The molecule has 1 N–H and O–H groups in total. The molecule has 0 bridgehead atoms. The van der Waals surface area contributed by atoms with Crippen LogP contribution in [0.4, 0.5) is 5.88 Å². The number of fused-ring (bicyclic) bond motifs is 3. The summed E-state index contributed by atoms with van der Waals surface area (Å²) >= 11 is 0. The summed E-state index contributed by atoms with van der Waals surface area (Å²) in [7, 11) is 0. The Balaban J connectivity index is 1.75. The summed E-state index contributed by atoms with van der Waals surface area (Å²) < 4.78 is 11.8. The monoisotopic (exact) mass is 367 g/mol. The second-order valence-electron chi connectivity index (χ2n) is 6.60. The Morgan fingerprint density at radius 1 is 0.750 bits per heavy atom. The van der Waals surface area contributed by atoms with Gasteiger partial charge in [-0.25, -0.2) is 4.79 Å². The van der Waals surface area contributed by atoms with Crippen molar-refractivity contribution in [2.75, 3.05) is 5.32 Å². The molecule has 28 heavy (non-hydrogen) atoms. The lowest BCUT2D eigenvalue weighted by Crippen LogP contribution is -2.01. The third-order valence-corrected chi connectivity index (χ3v) is 4.81. The fourth-order valence-corrected chi connectivity index (χ4v) is 3.49. The Labute approximate surface area is 161 Å². The molecule has 0 aliphatic rings. The average Bonchev–Trinajstić information content (AvgIpc) is 3.14. The highest BCUT2D eigenvalue weighted by Gasteiger charge is 2.22. The first-order valence-electron chi connectivity index (χ1n) is 9.13. The minimum atomic E-state index is -0.399. The third kappa shape index (κ3) is 2.76. The zero-order valence-corrected chi connectivity index (χ0v) is 15.0. The Morgan fingerprint density at radius 3 is 2.21 bits per heavy atom. The van der Waals surface area contributed by atoms with Crippen molar-refractivity contribution in [1.29, 1.82) is 0 Å². The van der Waals surface area contributed by atoms with Gasteiger partial charge in [-0.15, -0.1) is 0 Å². The first-order valence-corrected chi connectivity index (χ1v) is 9.13. The summed E-state index contributed by atoms with van der Waals surface area (Å²) in [4.78, 5) is 12.8. The molecule has 0 amide bonds. The predicted molar refractivity (Wildman–Crippen MR) is 111 cm³/mol. The lowest BCUT2D eigenvalue weighted by molar-refractivity contribution is 0.565. The van der Waals surface area contributed by atoms with Crippen molar-refractivity contribution >= 4 is 27.8 Å². The van der Waals surface area contributed by atoms with Crippen molar-refractivity contribution in [2.24, 2.45) is 0 Å². The van der Waals surface area contributed by atoms with Crippen molar-refractivity contribution in [3.63, 3.8) is 0 Å². The van der Waals surface area contributed by atoms with E-state index in [4.69, 9.17) is 8.83 Å². The molecule has 2 heterocycles. The number of rotatable bonds is 4. The maximum Gasteiger partial charge on any atom is 0.348 e. The number of furan rings is 1. The van der Waals surface area contributed by atoms with Gasteiger partial charge in [0, 0.05) is 6.54 Å². The number of benzene rings is 3. The van der Waals surface area contributed by atoms with E-state index in [0.29, 0.717) is 29.0 Å². The van der Waals surface area contributed by atoms with Gasteiger partial charge in [-0.3, -0.25) is 0 Å². The summed E-state index contributed by atoms with van der Waals surface area (Å²) in [5, 5.41) is 4.60. The van der Waals surface area contributed by atoms with E-state index >= 15 is 0 Å². The highest BCUT2D eigenvalue weighted by molar-refractivity contribution is 6.09. The SMILES string of the molecule is O=c1oc2ccccc2c2oc(NCc3ccccc3)c(-c3ccccc3)c12. The van der Waals surface area contributed by atoms with Gasteiger partial charge in [0.05, 0.1) is 10.9 Å². The van der Waals surface area contributed by atoms with E-state index in [-0.39, 0.29) is 0 Å². The molecule has 0 spiro atoms. The number of anilines is 1. The summed E-state index contributed by atoms with van der Waals surface area (Å²) in [5.41, 5.74) is 3.41. The molecule has 136 valence electrons. The summed E-state index contributed by atoms with van der Waals surface area (Å²) in [6.45, 7) is 0.587. The highest BCUT2D eigenvalue weighted by Crippen LogP contribution is 2.39. The molecular weight excluding hydrogens is 350 g/mol. The van der Waals surface area contributed by atoms with E-state index < -0.39 is 5.63 Å². The van der Waals surface area contributed by atoms with Crippen LogP contribution in [0.5, 0.6) is 0 Å². The average molecular weight is 367 g/mol. The molecule has 0 fully saturated rings. The number of hydrogen-bond acceptors (Lipinski definition) is 4. The molecule has 0 radical (unpaired) electrons. The van der Waals surface area contributed by atoms with Crippen LogP contribution in [-0.2, 0) is 6.54 Å². The summed E-state index contributed by atoms with van der Waals surface area (Å²) in [6, 6.07) is 27.2. The molecule has 0 atom stereocenters. The van der Waals surface area contributed by atoms with Crippen LogP contribution in [0.3, 0.4) is 0 Å². The van der Waals surface area contributed by atoms with E-state index in [9.17, 15) is 4.79 Å². The number of nitrogens with one attached hydrogen (secondary N) is 1. The van der Waals surface area contributed by atoms with Crippen LogP contribution in [0, 0.1) is 0 Å². The van der Waals surface area contributed by atoms with Crippen LogP contribution in [0.15, 0.2) is 98.6 Å². The second-order valence-corrected chi connectivity index (χ2v) is 6.60. The van der Waals surface area contributed by atoms with Crippen LogP contribution < -0.4 is 10.9 Å². The lowest BCUT2D eigenvalue weighted by atomic mass is 10.0. The van der Waals surface area contributed by atoms with E-state index in [1.165, 1.54) is 0 Å². The largest absolute Gasteiger partial charge is 0.439 e. The fraction of sp³-hybridized carbons (Fsp3) is 0.0417. The minimum Gasteiger partial charge on any atom is -0.439 e. The number of hydrogen-bond donors (Lipinski definition) is 1. The molecule has 0 unspecified atom stereocenters. The van der Waals surface area contributed by atoms with Crippen LogP contribution in [0.2, 0.25) is 0 Å². The van der Waals surface area contributed by atoms with Crippen molar-refractivity contribution in [2.45, 2.75) is 6.54 Å². The normalized spacial score (nSPS) is 11.1. The van der Waals surface area contributed by atoms with E-state index in [1.54, 1.807) is 6.07 Å². The molecule has 0 aliphatic heterocycles. The van der Waals surface area contributed by atoms with Gasteiger partial charge in [-0.2, -0.15) is 0 Å². The molecule has 0 aliphatic carbocycles. The maximum absolute atomic E-state index is 12.8. The second kappa shape index (κ2) is 6.74. The van der Waals surface area contributed by atoms with Crippen molar-refractivity contribution in [1.82, 2.24) is 0 Å². The molecule has 3 aromatic carbocycles. The van der Waals surface area contributed by atoms with Crippen molar-refractivity contribution in [3.05, 3.63) is 101 Å². The Morgan fingerprint density at radius 2 is 1.43 bits per heavy atom. The summed E-state index contributed by atoms with van der Waals surface area (Å²) in [5.74, 6) is 0.564. The molecular formula is C24H17NO3. The molecule has 4 heteroatoms. The molecule has 4 nitrogen and oxygen atoms in total. The zero-order valence-electron chi connectivity index (χ0n) is 15.0. The van der Waals surface area contributed by atoms with Crippen molar-refractivity contribution in [3.8, 4) is 11.1 Å². The van der Waals surface area contributed by atoms with Crippen LogP contribution >= 0.6 is 0 Å². The van der Waals surface area contributed by atoms with Gasteiger partial charge < -0.3 is 14.2 Å². The van der Waals surface area contributed by atoms with Gasteiger partial charge in [-0.05, 0) is 23.3 Å². The Hall–Kier alpha value is -3.79. The number of para-hydroxylation sites is 1. The maximum atomic E-state index is 12.8. The molecule has 5 aromatic rings. The Kier molecular flexibility index (Phi) is 3.95. The highest BCUT2D eigenvalue weighted by atomic mass is 16.4. The smallest absolute Gasteiger partial charge is 0.348 e. The van der Waals surface area contributed by atoms with Crippen LogP contribution in [0.25, 0.3) is 33.1 Å². The predicted octanol–water partition coefficient (Wildman–Crippen LogP) is 5.82. The van der Waals surface area contributed by atoms with E-state index in [2.05, 4.69) is 5.32 Å². The molecule has 0 saturated heterocycles. The van der Waals surface area contributed by atoms with E-state index in [0.717, 1.165) is 22.1 Å². The minimum absolute atomic E-state index is 0.399. The Bertz CT molecular complexity index is 1320. The van der Waals surface area contributed by atoms with Gasteiger partial charge in [0.25, 0.3) is 0 Å². The van der Waals surface area contributed by atoms with Gasteiger partial charge >= 0.3 is 5.63 Å². The molecule has 0 saturated carbocycles. The first kappa shape index (κ1) is 16.4. The van der Waals surface area contributed by atoms with Gasteiger partial charge in [0.2, 0.25) is 5.88 Å². The summed E-state index contributed by atoms with van der Waals surface area (Å²) in [6.07, 6.45) is 0. The lowest BCUT2D eigenvalue weighted by Gasteiger charge is -2.06. The van der Waals surface area contributed by atoms with Gasteiger partial charge in [-0.1, -0.05) is 72.8 Å². The van der Waals surface area contributed by atoms with Gasteiger partial charge in [0.15, 0.2) is 5.58 Å². The quantitative estimate of drug-likeness (QED) is 0.407. The van der Waals surface area contributed by atoms with Gasteiger partial charge in [0.1, 0.15) is 11.0 Å². The van der Waals surface area contributed by atoms with Crippen molar-refractivity contribution < 1.29 is 8.83 Å². The topological polar surface area (TPSA) is 55.4 Å². The van der Waals surface area contributed by atoms with Crippen LogP contribution in [-0.4, -0.2) is 0 Å². The first-order chi connectivity index (χ1) is 13.8. The van der Waals surface area contributed by atoms with E-state index in [1.807, 2.05) is 78.9 Å². The van der Waals surface area contributed by atoms with Crippen LogP contribution in [0.1, 0.15) is 5.56 Å². The molecule has 2 aromatic heterocycles.